The SMILES string of the molecule is Cc1cc(C(C)NC(C)c2cccc([N+](=O)[O-])c2)c(C)o1. The summed E-state index contributed by atoms with van der Waals surface area (Å²) in [6.45, 7) is 7.93. The minimum Gasteiger partial charge on any atom is -0.466 e. The molecule has 112 valence electrons. The number of hydrogen-bond donors (Lipinski definition) is 1. The van der Waals surface area contributed by atoms with Gasteiger partial charge in [0.05, 0.1) is 4.92 Å². The highest BCUT2D eigenvalue weighted by Gasteiger charge is 2.17. The van der Waals surface area contributed by atoms with Crippen LogP contribution < -0.4 is 5.32 Å². The molecular weight excluding hydrogens is 268 g/mol. The number of hydrogen-bond acceptors (Lipinski definition) is 4. The molecule has 2 unspecified atom stereocenters. The lowest BCUT2D eigenvalue weighted by molar-refractivity contribution is -0.384. The predicted molar refractivity (Wildman–Crippen MR) is 81.2 cm³/mol. The van der Waals surface area contributed by atoms with Crippen LogP contribution in [0.3, 0.4) is 0 Å². The normalized spacial score (nSPS) is 13.9. The van der Waals surface area contributed by atoms with E-state index in [9.17, 15) is 10.1 Å². The maximum Gasteiger partial charge on any atom is 0.269 e. The quantitative estimate of drug-likeness (QED) is 0.660. The summed E-state index contributed by atoms with van der Waals surface area (Å²) < 4.78 is 5.54. The highest BCUT2D eigenvalue weighted by Crippen LogP contribution is 2.25. The van der Waals surface area contributed by atoms with Crippen molar-refractivity contribution in [3.8, 4) is 0 Å². The van der Waals surface area contributed by atoms with E-state index in [1.165, 1.54) is 6.07 Å². The molecule has 0 saturated heterocycles. The topological polar surface area (TPSA) is 68.3 Å². The lowest BCUT2D eigenvalue weighted by Gasteiger charge is -2.20. The molecule has 1 N–H and O–H groups in total. The lowest BCUT2D eigenvalue weighted by atomic mass is 10.0. The number of nitrogens with one attached hydrogen (secondary N) is 1. The molecule has 2 rings (SSSR count). The summed E-state index contributed by atoms with van der Waals surface area (Å²) in [5.74, 6) is 1.79. The van der Waals surface area contributed by atoms with E-state index < -0.39 is 0 Å². The van der Waals surface area contributed by atoms with Crippen LogP contribution in [0.4, 0.5) is 5.69 Å². The monoisotopic (exact) mass is 288 g/mol. The first-order valence-corrected chi connectivity index (χ1v) is 6.96. The van der Waals surface area contributed by atoms with Gasteiger partial charge in [0.1, 0.15) is 11.5 Å². The molecule has 2 aromatic rings. The third-order valence-electron chi connectivity index (χ3n) is 3.63. The Morgan fingerprint density at radius 2 is 1.90 bits per heavy atom. The molecule has 0 radical (unpaired) electrons. The van der Waals surface area contributed by atoms with Crippen LogP contribution in [0.2, 0.25) is 0 Å². The van der Waals surface area contributed by atoms with Gasteiger partial charge in [-0.25, -0.2) is 0 Å². The van der Waals surface area contributed by atoms with Gasteiger partial charge in [-0.15, -0.1) is 0 Å². The Kier molecular flexibility index (Phi) is 4.43. The van der Waals surface area contributed by atoms with E-state index in [4.69, 9.17) is 4.42 Å². The molecule has 0 aliphatic heterocycles. The van der Waals surface area contributed by atoms with Crippen LogP contribution in [0, 0.1) is 24.0 Å². The number of aryl methyl sites for hydroxylation is 2. The van der Waals surface area contributed by atoms with Gasteiger partial charge in [-0.2, -0.15) is 0 Å². The van der Waals surface area contributed by atoms with E-state index in [0.717, 1.165) is 22.6 Å². The molecule has 2 atom stereocenters. The van der Waals surface area contributed by atoms with Gasteiger partial charge in [0.25, 0.3) is 5.69 Å². The second-order valence-corrected chi connectivity index (χ2v) is 5.33. The van der Waals surface area contributed by atoms with Crippen molar-refractivity contribution in [3.63, 3.8) is 0 Å². The van der Waals surface area contributed by atoms with E-state index in [1.54, 1.807) is 12.1 Å². The van der Waals surface area contributed by atoms with Crippen molar-refractivity contribution >= 4 is 5.69 Å². The number of non-ortho nitro benzene ring substituents is 1. The minimum absolute atomic E-state index is 0.00880. The standard InChI is InChI=1S/C16H20N2O3/c1-10-8-16(13(4)21-10)12(3)17-11(2)14-6-5-7-15(9-14)18(19)20/h5-9,11-12,17H,1-4H3. The van der Waals surface area contributed by atoms with Gasteiger partial charge in [0.2, 0.25) is 0 Å². The molecule has 1 aromatic heterocycles. The maximum atomic E-state index is 10.8. The average molecular weight is 288 g/mol. The Labute approximate surface area is 124 Å². The third-order valence-corrected chi connectivity index (χ3v) is 3.63. The van der Waals surface area contributed by atoms with E-state index in [0.29, 0.717) is 0 Å². The van der Waals surface area contributed by atoms with Crippen molar-refractivity contribution in [2.75, 3.05) is 0 Å². The van der Waals surface area contributed by atoms with Crippen molar-refractivity contribution in [1.29, 1.82) is 0 Å². The van der Waals surface area contributed by atoms with Crippen LogP contribution >= 0.6 is 0 Å². The summed E-state index contributed by atoms with van der Waals surface area (Å²) in [7, 11) is 0. The molecule has 0 aliphatic rings. The van der Waals surface area contributed by atoms with Crippen LogP contribution in [0.1, 0.15) is 48.6 Å². The predicted octanol–water partition coefficient (Wildman–Crippen LogP) is 4.22. The molecule has 0 spiro atoms. The summed E-state index contributed by atoms with van der Waals surface area (Å²) in [6, 6.07) is 8.86. The number of nitrogens with zero attached hydrogens (tertiary/aromatic N) is 1. The fourth-order valence-electron chi connectivity index (χ4n) is 2.55. The van der Waals surface area contributed by atoms with Crippen LogP contribution in [-0.4, -0.2) is 4.92 Å². The van der Waals surface area contributed by atoms with E-state index >= 15 is 0 Å². The van der Waals surface area contributed by atoms with Crippen molar-refractivity contribution in [1.82, 2.24) is 5.32 Å². The van der Waals surface area contributed by atoms with Crippen molar-refractivity contribution < 1.29 is 9.34 Å². The third kappa shape index (κ3) is 3.49. The van der Waals surface area contributed by atoms with E-state index in [1.807, 2.05) is 32.9 Å². The molecule has 21 heavy (non-hydrogen) atoms. The average Bonchev–Trinajstić information content (AvgIpc) is 2.77. The lowest BCUT2D eigenvalue weighted by Crippen LogP contribution is -2.22. The molecule has 0 amide bonds. The Hall–Kier alpha value is -2.14. The van der Waals surface area contributed by atoms with E-state index in [-0.39, 0.29) is 22.7 Å². The second kappa shape index (κ2) is 6.10. The fourth-order valence-corrected chi connectivity index (χ4v) is 2.55. The Balaban J connectivity index is 2.14. The molecule has 0 aliphatic carbocycles. The number of furan rings is 1. The number of nitro benzene ring substituents is 1. The highest BCUT2D eigenvalue weighted by molar-refractivity contribution is 5.36. The summed E-state index contributed by atoms with van der Waals surface area (Å²) >= 11 is 0. The fraction of sp³-hybridized carbons (Fsp3) is 0.375. The van der Waals surface area contributed by atoms with Gasteiger partial charge < -0.3 is 9.73 Å². The number of nitro groups is 1. The molecule has 5 heteroatoms. The zero-order valence-corrected chi connectivity index (χ0v) is 12.7. The minimum atomic E-state index is -0.372. The summed E-state index contributed by atoms with van der Waals surface area (Å²) in [5, 5.41) is 14.3. The second-order valence-electron chi connectivity index (χ2n) is 5.33. The first-order chi connectivity index (χ1) is 9.88. The number of rotatable bonds is 5. The highest BCUT2D eigenvalue weighted by atomic mass is 16.6. The summed E-state index contributed by atoms with van der Waals surface area (Å²) in [4.78, 5) is 10.5. The molecule has 0 bridgehead atoms. The zero-order chi connectivity index (χ0) is 15.6. The molecule has 1 aromatic carbocycles. The van der Waals surface area contributed by atoms with Gasteiger partial charge in [0, 0.05) is 29.8 Å². The van der Waals surface area contributed by atoms with Crippen molar-refractivity contribution in [3.05, 3.63) is 63.1 Å². The molecular formula is C16H20N2O3. The molecule has 1 heterocycles. The molecule has 0 fully saturated rings. The van der Waals surface area contributed by atoms with Gasteiger partial charge in [-0.3, -0.25) is 10.1 Å². The van der Waals surface area contributed by atoms with Gasteiger partial charge in [-0.1, -0.05) is 12.1 Å². The molecule has 0 saturated carbocycles. The van der Waals surface area contributed by atoms with Crippen molar-refractivity contribution in [2.24, 2.45) is 0 Å². The summed E-state index contributed by atoms with van der Waals surface area (Å²) in [6.07, 6.45) is 0. The Morgan fingerprint density at radius 3 is 2.48 bits per heavy atom. The largest absolute Gasteiger partial charge is 0.466 e. The van der Waals surface area contributed by atoms with E-state index in [2.05, 4.69) is 12.2 Å². The summed E-state index contributed by atoms with van der Waals surface area (Å²) in [5.41, 5.74) is 2.13. The molecule has 5 nitrogen and oxygen atoms in total. The van der Waals surface area contributed by atoms with Crippen molar-refractivity contribution in [2.45, 2.75) is 39.8 Å². The van der Waals surface area contributed by atoms with Crippen LogP contribution in [0.5, 0.6) is 0 Å². The first-order valence-electron chi connectivity index (χ1n) is 6.96. The number of benzene rings is 1. The van der Waals surface area contributed by atoms with Gasteiger partial charge >= 0.3 is 0 Å². The van der Waals surface area contributed by atoms with Gasteiger partial charge in [-0.05, 0) is 39.3 Å². The van der Waals surface area contributed by atoms with Crippen LogP contribution in [0.25, 0.3) is 0 Å². The Bertz CT molecular complexity index is 649. The van der Waals surface area contributed by atoms with Crippen LogP contribution in [-0.2, 0) is 0 Å². The zero-order valence-electron chi connectivity index (χ0n) is 12.7. The van der Waals surface area contributed by atoms with Gasteiger partial charge in [0.15, 0.2) is 0 Å². The smallest absolute Gasteiger partial charge is 0.269 e. The Morgan fingerprint density at radius 1 is 1.19 bits per heavy atom. The van der Waals surface area contributed by atoms with Crippen LogP contribution in [0.15, 0.2) is 34.7 Å². The first kappa shape index (κ1) is 15.3. The maximum absolute atomic E-state index is 10.8.